The second-order valence-corrected chi connectivity index (χ2v) is 4.16. The minimum atomic E-state index is -0.930. The average Bonchev–Trinajstić information content (AvgIpc) is 2.59. The molecule has 0 bridgehead atoms. The maximum Gasteiger partial charge on any atom is 0.324 e. The van der Waals surface area contributed by atoms with E-state index in [0.29, 0.717) is 12.1 Å². The van der Waals surface area contributed by atoms with Gasteiger partial charge in [0.25, 0.3) is 5.91 Å². The van der Waals surface area contributed by atoms with E-state index >= 15 is 0 Å². The van der Waals surface area contributed by atoms with Gasteiger partial charge in [0.2, 0.25) is 0 Å². The molecule has 0 aliphatic carbocycles. The Morgan fingerprint density at radius 3 is 2.88 bits per heavy atom. The molecular formula is C11H15N3O3. The topological polar surface area (TPSA) is 71.3 Å². The Labute approximate surface area is 99.3 Å². The molecule has 2 aliphatic rings. The fourth-order valence-corrected chi connectivity index (χ4v) is 2.06. The average molecular weight is 237 g/mol. The van der Waals surface area contributed by atoms with E-state index in [1.165, 1.54) is 5.01 Å². The Morgan fingerprint density at radius 2 is 2.24 bits per heavy atom. The van der Waals surface area contributed by atoms with Gasteiger partial charge in [0.15, 0.2) is 5.92 Å². The number of fused-ring (bicyclic) bond motifs is 1. The van der Waals surface area contributed by atoms with Crippen molar-refractivity contribution in [1.29, 1.82) is 0 Å². The van der Waals surface area contributed by atoms with Crippen molar-refractivity contribution in [2.75, 3.05) is 6.61 Å². The van der Waals surface area contributed by atoms with Crippen molar-refractivity contribution in [3.05, 3.63) is 0 Å². The summed E-state index contributed by atoms with van der Waals surface area (Å²) >= 11 is 0. The largest absolute Gasteiger partial charge is 0.465 e. The second-order valence-electron chi connectivity index (χ2n) is 4.16. The summed E-state index contributed by atoms with van der Waals surface area (Å²) in [7, 11) is 0. The number of rotatable bonds is 2. The molecule has 0 N–H and O–H groups in total. The van der Waals surface area contributed by atoms with Gasteiger partial charge in [0.05, 0.1) is 6.61 Å². The van der Waals surface area contributed by atoms with Gasteiger partial charge in [-0.25, -0.2) is 5.01 Å². The quantitative estimate of drug-likeness (QED) is 0.521. The highest BCUT2D eigenvalue weighted by atomic mass is 16.5. The Bertz CT molecular complexity index is 428. The van der Waals surface area contributed by atoms with Gasteiger partial charge in [-0.1, -0.05) is 0 Å². The van der Waals surface area contributed by atoms with E-state index in [4.69, 9.17) is 4.74 Å². The number of aliphatic imine (C=N–C) groups is 1. The number of carbonyl (C=O) groups excluding carboxylic acids is 2. The van der Waals surface area contributed by atoms with Crippen molar-refractivity contribution in [1.82, 2.24) is 5.01 Å². The molecule has 0 aromatic rings. The van der Waals surface area contributed by atoms with Crippen LogP contribution in [0, 0.1) is 5.92 Å². The summed E-state index contributed by atoms with van der Waals surface area (Å²) in [4.78, 5) is 28.1. The van der Waals surface area contributed by atoms with E-state index in [1.807, 2.05) is 6.92 Å². The Hall–Kier alpha value is -1.72. The number of hydrogen-bond donors (Lipinski definition) is 0. The smallest absolute Gasteiger partial charge is 0.324 e. The fourth-order valence-electron chi connectivity index (χ4n) is 2.06. The van der Waals surface area contributed by atoms with Gasteiger partial charge in [-0.2, -0.15) is 5.10 Å². The third kappa shape index (κ3) is 1.94. The van der Waals surface area contributed by atoms with Crippen LogP contribution in [-0.2, 0) is 14.3 Å². The maximum atomic E-state index is 12.1. The summed E-state index contributed by atoms with van der Waals surface area (Å²) in [6, 6.07) is 0. The molecule has 0 saturated carbocycles. The number of esters is 1. The van der Waals surface area contributed by atoms with E-state index in [9.17, 15) is 9.59 Å². The molecule has 0 fully saturated rings. The number of hydrogen-bond acceptors (Lipinski definition) is 5. The molecule has 2 aliphatic heterocycles. The van der Waals surface area contributed by atoms with Gasteiger partial charge in [0, 0.05) is 17.8 Å². The molecule has 0 aromatic heterocycles. The first-order chi connectivity index (χ1) is 8.04. The first kappa shape index (κ1) is 11.8. The van der Waals surface area contributed by atoms with Crippen molar-refractivity contribution in [2.45, 2.75) is 33.4 Å². The zero-order chi connectivity index (χ0) is 12.6. The number of hydrazone groups is 1. The molecule has 6 nitrogen and oxygen atoms in total. The fraction of sp³-hybridized carbons (Fsp3) is 0.636. The van der Waals surface area contributed by atoms with Crippen LogP contribution in [0.25, 0.3) is 0 Å². The first-order valence-corrected chi connectivity index (χ1v) is 5.62. The van der Waals surface area contributed by atoms with Gasteiger partial charge in [-0.05, 0) is 20.8 Å². The highest BCUT2D eigenvalue weighted by Crippen LogP contribution is 2.25. The predicted octanol–water partition coefficient (Wildman–Crippen LogP) is 0.574. The molecule has 1 amide bonds. The Kier molecular flexibility index (Phi) is 2.95. The van der Waals surface area contributed by atoms with Crippen LogP contribution in [0.5, 0.6) is 0 Å². The lowest BCUT2D eigenvalue weighted by atomic mass is 10.0. The van der Waals surface area contributed by atoms with Crippen molar-refractivity contribution in [2.24, 2.45) is 16.0 Å². The molecule has 6 heteroatoms. The minimum Gasteiger partial charge on any atom is -0.465 e. The number of ether oxygens (including phenoxy) is 1. The van der Waals surface area contributed by atoms with E-state index in [1.54, 1.807) is 13.8 Å². The normalized spacial score (nSPS) is 27.5. The Morgan fingerprint density at radius 1 is 1.53 bits per heavy atom. The summed E-state index contributed by atoms with van der Waals surface area (Å²) in [5.41, 5.74) is 1.36. The van der Waals surface area contributed by atoms with Crippen molar-refractivity contribution >= 4 is 23.3 Å². The van der Waals surface area contributed by atoms with E-state index in [0.717, 1.165) is 5.71 Å². The van der Waals surface area contributed by atoms with Crippen LogP contribution in [0.1, 0.15) is 27.2 Å². The summed E-state index contributed by atoms with van der Waals surface area (Å²) in [5, 5.41) is 5.40. The third-order valence-corrected chi connectivity index (χ3v) is 2.80. The molecule has 0 spiro atoms. The molecule has 17 heavy (non-hydrogen) atoms. The highest BCUT2D eigenvalue weighted by molar-refractivity contribution is 6.19. The van der Waals surface area contributed by atoms with Gasteiger partial charge < -0.3 is 4.74 Å². The summed E-state index contributed by atoms with van der Waals surface area (Å²) in [6.07, 6.45) is 0.367. The molecule has 2 atom stereocenters. The lowest BCUT2D eigenvalue weighted by Crippen LogP contribution is -2.47. The lowest BCUT2D eigenvalue weighted by molar-refractivity contribution is -0.153. The van der Waals surface area contributed by atoms with Gasteiger partial charge in [-0.15, -0.1) is 0 Å². The number of nitrogens with zero attached hydrogens (tertiary/aromatic N) is 3. The second kappa shape index (κ2) is 4.27. The van der Waals surface area contributed by atoms with E-state index < -0.39 is 11.9 Å². The van der Waals surface area contributed by atoms with Crippen molar-refractivity contribution in [3.63, 3.8) is 0 Å². The molecule has 0 aromatic carbocycles. The minimum absolute atomic E-state index is 0.252. The maximum absolute atomic E-state index is 12.1. The van der Waals surface area contributed by atoms with Crippen LogP contribution in [0.15, 0.2) is 10.1 Å². The summed E-state index contributed by atoms with van der Waals surface area (Å²) < 4.78 is 4.88. The van der Waals surface area contributed by atoms with Crippen LogP contribution in [0.4, 0.5) is 0 Å². The monoisotopic (exact) mass is 237 g/mol. The first-order valence-electron chi connectivity index (χ1n) is 5.62. The van der Waals surface area contributed by atoms with Gasteiger partial charge in [0.1, 0.15) is 6.17 Å². The van der Waals surface area contributed by atoms with Crippen LogP contribution in [-0.4, -0.2) is 41.1 Å². The highest BCUT2D eigenvalue weighted by Gasteiger charge is 2.43. The number of carbonyl (C=O) groups is 2. The molecular weight excluding hydrogens is 222 g/mol. The summed E-state index contributed by atoms with van der Waals surface area (Å²) in [5.74, 6) is -1.81. The number of amides is 1. The van der Waals surface area contributed by atoms with Crippen LogP contribution >= 0.6 is 0 Å². The molecule has 2 heterocycles. The third-order valence-electron chi connectivity index (χ3n) is 2.80. The molecule has 2 rings (SSSR count). The van der Waals surface area contributed by atoms with Gasteiger partial charge in [-0.3, -0.25) is 14.6 Å². The van der Waals surface area contributed by atoms with E-state index in [-0.39, 0.29) is 18.7 Å². The molecule has 0 saturated heterocycles. The Balaban J connectivity index is 2.27. The van der Waals surface area contributed by atoms with Crippen LogP contribution < -0.4 is 0 Å². The van der Waals surface area contributed by atoms with Gasteiger partial charge >= 0.3 is 5.97 Å². The standard InChI is InChI=1S/C11H15N3O3/c1-4-17-11(16)9-7(3)12-8-5-6(2)13-14(8)10(9)15/h8-9H,4-5H2,1-3H3. The lowest BCUT2D eigenvalue weighted by Gasteiger charge is -2.28. The van der Waals surface area contributed by atoms with Crippen molar-refractivity contribution < 1.29 is 14.3 Å². The summed E-state index contributed by atoms with van der Waals surface area (Å²) in [6.45, 7) is 5.49. The molecule has 2 unspecified atom stereocenters. The molecule has 0 radical (unpaired) electrons. The van der Waals surface area contributed by atoms with Crippen molar-refractivity contribution in [3.8, 4) is 0 Å². The van der Waals surface area contributed by atoms with Crippen LogP contribution in [0.3, 0.4) is 0 Å². The zero-order valence-corrected chi connectivity index (χ0v) is 10.1. The SMILES string of the molecule is CCOC(=O)C1C(=O)N2N=C(C)CC2N=C1C. The zero-order valence-electron chi connectivity index (χ0n) is 10.1. The molecule has 92 valence electrons. The van der Waals surface area contributed by atoms with Crippen LogP contribution in [0.2, 0.25) is 0 Å². The predicted molar refractivity (Wildman–Crippen MR) is 61.6 cm³/mol. The van der Waals surface area contributed by atoms with E-state index in [2.05, 4.69) is 10.1 Å².